The van der Waals surface area contributed by atoms with Crippen molar-refractivity contribution in [2.75, 3.05) is 7.11 Å². The van der Waals surface area contributed by atoms with Gasteiger partial charge in [0, 0.05) is 23.8 Å². The van der Waals surface area contributed by atoms with Gasteiger partial charge in [0.05, 0.1) is 16.9 Å². The number of hydrogen-bond donors (Lipinski definition) is 0. The smallest absolute Gasteiger partial charge is 0.203 e. The third-order valence-corrected chi connectivity index (χ3v) is 6.72. The number of allylic oxidation sites excluding steroid dienone is 1. The van der Waals surface area contributed by atoms with Gasteiger partial charge in [0.2, 0.25) is 9.84 Å². The minimum atomic E-state index is -4.10. The van der Waals surface area contributed by atoms with E-state index in [0.29, 0.717) is 22.4 Å². The maximum atomic E-state index is 14.5. The fourth-order valence-electron chi connectivity index (χ4n) is 3.44. The molecule has 1 aliphatic heterocycles. The van der Waals surface area contributed by atoms with E-state index in [-0.39, 0.29) is 21.9 Å². The van der Waals surface area contributed by atoms with Crippen LogP contribution in [0.3, 0.4) is 0 Å². The highest BCUT2D eigenvalue weighted by Gasteiger charge is 2.29. The van der Waals surface area contributed by atoms with Crippen LogP contribution < -0.4 is 4.74 Å². The second-order valence-corrected chi connectivity index (χ2v) is 8.61. The van der Waals surface area contributed by atoms with E-state index in [2.05, 4.69) is 4.99 Å². The zero-order chi connectivity index (χ0) is 21.3. The molecule has 0 atom stereocenters. The highest BCUT2D eigenvalue weighted by atomic mass is 32.2. The molecule has 152 valence electrons. The quantitative estimate of drug-likeness (QED) is 0.569. The molecule has 3 aromatic carbocycles. The second-order valence-electron chi connectivity index (χ2n) is 6.64. The first-order valence-electron chi connectivity index (χ1n) is 9.11. The first-order valence-corrected chi connectivity index (χ1v) is 10.6. The van der Waals surface area contributed by atoms with Crippen LogP contribution in [0.15, 0.2) is 81.5 Å². The summed E-state index contributed by atoms with van der Waals surface area (Å²) in [4.78, 5) is 4.00. The van der Waals surface area contributed by atoms with Crippen LogP contribution >= 0.6 is 0 Å². The van der Waals surface area contributed by atoms with Crippen molar-refractivity contribution in [2.45, 2.75) is 11.3 Å². The summed E-state index contributed by atoms with van der Waals surface area (Å²) in [6.07, 6.45) is 1.29. The van der Waals surface area contributed by atoms with Crippen molar-refractivity contribution in [3.63, 3.8) is 0 Å². The van der Waals surface area contributed by atoms with Crippen molar-refractivity contribution in [2.24, 2.45) is 4.99 Å². The van der Waals surface area contributed by atoms with Gasteiger partial charge in [-0.3, -0.25) is 4.99 Å². The zero-order valence-electron chi connectivity index (χ0n) is 16.0. The number of sulfone groups is 1. The number of para-hydroxylation sites is 1. The number of hydrogen-bond acceptors (Lipinski definition) is 4. The van der Waals surface area contributed by atoms with Crippen molar-refractivity contribution in [1.29, 1.82) is 0 Å². The largest absolute Gasteiger partial charge is 0.497 e. The number of ether oxygens (including phenoxy) is 1. The fraction of sp³-hybridized carbons (Fsp3) is 0.0870. The summed E-state index contributed by atoms with van der Waals surface area (Å²) in [6, 6.07) is 16.1. The number of aliphatic imine (C=N–C) groups is 1. The van der Waals surface area contributed by atoms with Gasteiger partial charge in [-0.1, -0.05) is 30.3 Å². The predicted molar refractivity (Wildman–Crippen MR) is 112 cm³/mol. The lowest BCUT2D eigenvalue weighted by Crippen LogP contribution is -2.09. The topological polar surface area (TPSA) is 55.7 Å². The lowest BCUT2D eigenvalue weighted by Gasteiger charge is -2.16. The minimum absolute atomic E-state index is 0.00875. The number of methoxy groups -OCH3 is 1. The van der Waals surface area contributed by atoms with Gasteiger partial charge in [0.25, 0.3) is 0 Å². The van der Waals surface area contributed by atoms with E-state index in [4.69, 9.17) is 4.74 Å². The van der Waals surface area contributed by atoms with Crippen LogP contribution in [-0.4, -0.2) is 21.7 Å². The Kier molecular flexibility index (Phi) is 5.22. The molecule has 0 radical (unpaired) electrons. The molecule has 0 amide bonds. The van der Waals surface area contributed by atoms with E-state index in [1.54, 1.807) is 30.3 Å². The molecule has 3 aromatic rings. The van der Waals surface area contributed by atoms with E-state index in [1.807, 2.05) is 0 Å². The molecular weight excluding hydrogens is 408 g/mol. The van der Waals surface area contributed by atoms with Crippen molar-refractivity contribution >= 4 is 27.3 Å². The molecule has 7 heteroatoms. The maximum absolute atomic E-state index is 14.5. The number of halogens is 2. The lowest BCUT2D eigenvalue weighted by molar-refractivity contribution is 0.414. The van der Waals surface area contributed by atoms with Crippen molar-refractivity contribution in [3.8, 4) is 5.75 Å². The zero-order valence-corrected chi connectivity index (χ0v) is 16.8. The highest BCUT2D eigenvalue weighted by Crippen LogP contribution is 2.41. The Hall–Kier alpha value is -3.32. The molecule has 0 fully saturated rings. The SMILES string of the molecule is COc1cccc(C2=C(S(=O)(=O)c3cccc(F)c3)CC=Nc3c(F)cccc32)c1. The minimum Gasteiger partial charge on any atom is -0.497 e. The van der Waals surface area contributed by atoms with Crippen molar-refractivity contribution < 1.29 is 21.9 Å². The average molecular weight is 425 g/mol. The molecule has 1 heterocycles. The second kappa shape index (κ2) is 7.84. The van der Waals surface area contributed by atoms with Crippen LogP contribution in [0.1, 0.15) is 17.5 Å². The molecule has 4 rings (SSSR count). The molecular formula is C23H17F2NO3S. The summed E-state index contributed by atoms with van der Waals surface area (Å²) in [5.41, 5.74) is 1.23. The van der Waals surface area contributed by atoms with Crippen molar-refractivity contribution in [1.82, 2.24) is 0 Å². The van der Waals surface area contributed by atoms with Gasteiger partial charge in [-0.15, -0.1) is 0 Å². The Morgan fingerprint density at radius 2 is 1.73 bits per heavy atom. The van der Waals surface area contributed by atoms with E-state index in [0.717, 1.165) is 6.07 Å². The van der Waals surface area contributed by atoms with Gasteiger partial charge in [-0.25, -0.2) is 17.2 Å². The van der Waals surface area contributed by atoms with E-state index in [1.165, 1.54) is 43.7 Å². The van der Waals surface area contributed by atoms with E-state index >= 15 is 0 Å². The number of rotatable bonds is 4. The Morgan fingerprint density at radius 1 is 0.967 bits per heavy atom. The normalized spacial score (nSPS) is 13.7. The van der Waals surface area contributed by atoms with Crippen LogP contribution in [0.4, 0.5) is 14.5 Å². The summed E-state index contributed by atoms with van der Waals surface area (Å²) < 4.78 is 60.6. The van der Waals surface area contributed by atoms with Gasteiger partial charge in [0.1, 0.15) is 23.1 Å². The summed E-state index contributed by atoms with van der Waals surface area (Å²) in [7, 11) is -2.59. The van der Waals surface area contributed by atoms with Gasteiger partial charge in [-0.2, -0.15) is 0 Å². The molecule has 0 saturated carbocycles. The molecule has 1 aliphatic rings. The standard InChI is InChI=1S/C23H17F2NO3S/c1-29-17-7-2-5-15(13-17)22-19-9-4-10-20(25)23(19)26-12-11-21(22)30(27,28)18-8-3-6-16(24)14-18/h2-10,12-14H,11H2,1H3. The molecule has 0 aromatic heterocycles. The first-order chi connectivity index (χ1) is 14.4. The van der Waals surface area contributed by atoms with Crippen molar-refractivity contribution in [3.05, 3.63) is 94.4 Å². The molecule has 30 heavy (non-hydrogen) atoms. The molecule has 0 N–H and O–H groups in total. The van der Waals surface area contributed by atoms with Gasteiger partial charge >= 0.3 is 0 Å². The van der Waals surface area contributed by atoms with Crippen LogP contribution in [-0.2, 0) is 9.84 Å². The summed E-state index contributed by atoms with van der Waals surface area (Å²) in [6.45, 7) is 0. The Balaban J connectivity index is 2.08. The number of fused-ring (bicyclic) bond motifs is 1. The highest BCUT2D eigenvalue weighted by molar-refractivity contribution is 7.95. The Bertz CT molecular complexity index is 1300. The van der Waals surface area contributed by atoms with Crippen LogP contribution in [0.5, 0.6) is 5.75 Å². The first kappa shape index (κ1) is 20.0. The molecule has 0 unspecified atom stereocenters. The lowest BCUT2D eigenvalue weighted by atomic mass is 9.95. The average Bonchev–Trinajstić information content (AvgIpc) is 2.95. The predicted octanol–water partition coefficient (Wildman–Crippen LogP) is 5.31. The number of benzene rings is 3. The van der Waals surface area contributed by atoms with Gasteiger partial charge in [0.15, 0.2) is 0 Å². The summed E-state index contributed by atoms with van der Waals surface area (Å²) >= 11 is 0. The number of nitrogens with zero attached hydrogens (tertiary/aromatic N) is 1. The van der Waals surface area contributed by atoms with Crippen LogP contribution in [0, 0.1) is 11.6 Å². The van der Waals surface area contributed by atoms with E-state index < -0.39 is 21.5 Å². The molecule has 0 bridgehead atoms. The van der Waals surface area contributed by atoms with Crippen LogP contribution in [0.2, 0.25) is 0 Å². The molecule has 4 nitrogen and oxygen atoms in total. The Labute approximate surface area is 173 Å². The molecule has 0 saturated heterocycles. The third-order valence-electron chi connectivity index (χ3n) is 4.82. The molecule has 0 spiro atoms. The van der Waals surface area contributed by atoms with E-state index in [9.17, 15) is 17.2 Å². The maximum Gasteiger partial charge on any atom is 0.203 e. The summed E-state index contributed by atoms with van der Waals surface area (Å²) in [5.74, 6) is -0.701. The van der Waals surface area contributed by atoms with Crippen LogP contribution in [0.25, 0.3) is 5.57 Å². The summed E-state index contributed by atoms with van der Waals surface area (Å²) in [5, 5.41) is 0. The third kappa shape index (κ3) is 3.52. The van der Waals surface area contributed by atoms with Gasteiger partial charge < -0.3 is 4.74 Å². The molecule has 0 aliphatic carbocycles. The monoisotopic (exact) mass is 425 g/mol. The van der Waals surface area contributed by atoms with Gasteiger partial charge in [-0.05, 0) is 42.0 Å². The Morgan fingerprint density at radius 3 is 2.50 bits per heavy atom. The fourth-order valence-corrected chi connectivity index (χ4v) is 5.04.